The number of halogens is 3. The van der Waals surface area contributed by atoms with Crippen molar-refractivity contribution in [2.24, 2.45) is 0 Å². The highest BCUT2D eigenvalue weighted by atomic mass is 32.2. The van der Waals surface area contributed by atoms with E-state index < -0.39 is 18.8 Å². The molecule has 0 bridgehead atoms. The largest absolute Gasteiger partial charge is 0.415 e. The fourth-order valence-corrected chi connectivity index (χ4v) is 4.48. The summed E-state index contributed by atoms with van der Waals surface area (Å²) in [5.41, 5.74) is 1.05. The summed E-state index contributed by atoms with van der Waals surface area (Å²) in [7, 11) is 0. The molecule has 0 saturated carbocycles. The zero-order chi connectivity index (χ0) is 13.3. The lowest BCUT2D eigenvalue weighted by molar-refractivity contribution is -0.202. The molecular formula is C11H14F3NOS2. The summed E-state index contributed by atoms with van der Waals surface area (Å²) in [6.45, 7) is 1.60. The summed E-state index contributed by atoms with van der Waals surface area (Å²) < 4.78 is 37.8. The molecule has 0 saturated heterocycles. The normalized spacial score (nSPS) is 25.8. The van der Waals surface area contributed by atoms with Crippen LogP contribution in [-0.4, -0.2) is 29.2 Å². The van der Waals surface area contributed by atoms with Crippen molar-refractivity contribution in [2.75, 3.05) is 6.54 Å². The van der Waals surface area contributed by atoms with Crippen molar-refractivity contribution in [3.05, 3.63) is 17.0 Å². The molecule has 0 spiro atoms. The van der Waals surface area contributed by atoms with Crippen LogP contribution in [0.1, 0.15) is 24.9 Å². The smallest absolute Gasteiger partial charge is 0.382 e. The average molecular weight is 297 g/mol. The number of fused-ring (bicyclic) bond motifs is 1. The van der Waals surface area contributed by atoms with E-state index in [9.17, 15) is 13.2 Å². The summed E-state index contributed by atoms with van der Waals surface area (Å²) in [4.78, 5) is 0. The molecule has 0 aromatic carbocycles. The molecule has 0 amide bonds. The predicted molar refractivity (Wildman–Crippen MR) is 67.1 cm³/mol. The molecule has 2 nitrogen and oxygen atoms in total. The van der Waals surface area contributed by atoms with E-state index in [1.54, 1.807) is 23.1 Å². The third-order valence-corrected chi connectivity index (χ3v) is 5.19. The van der Waals surface area contributed by atoms with Gasteiger partial charge >= 0.3 is 6.18 Å². The van der Waals surface area contributed by atoms with Gasteiger partial charge in [0.2, 0.25) is 0 Å². The number of hydrogen-bond acceptors (Lipinski definition) is 4. The highest BCUT2D eigenvalue weighted by molar-refractivity contribution is 8.01. The van der Waals surface area contributed by atoms with Crippen molar-refractivity contribution in [1.82, 2.24) is 5.32 Å². The van der Waals surface area contributed by atoms with E-state index in [-0.39, 0.29) is 6.04 Å². The number of alkyl halides is 3. The molecule has 1 aromatic rings. The quantitative estimate of drug-likeness (QED) is 0.898. The van der Waals surface area contributed by atoms with Gasteiger partial charge in [-0.2, -0.15) is 13.2 Å². The van der Waals surface area contributed by atoms with Gasteiger partial charge in [0, 0.05) is 17.8 Å². The molecule has 2 heterocycles. The van der Waals surface area contributed by atoms with Gasteiger partial charge in [-0.25, -0.2) is 0 Å². The Morgan fingerprint density at radius 2 is 2.28 bits per heavy atom. The fourth-order valence-electron chi connectivity index (χ4n) is 1.91. The molecule has 0 radical (unpaired) electrons. The molecule has 102 valence electrons. The summed E-state index contributed by atoms with van der Waals surface area (Å²) >= 11 is 3.37. The SMILES string of the molecule is C[C@H]1CC(NCC(O)C(F)(F)F)c2ccsc2S1. The standard InChI is InChI=1S/C11H14F3NOS2/c1-6-4-8(7-2-3-17-10(7)18-6)15-5-9(16)11(12,13)14/h2-3,6,8-9,15-16H,4-5H2,1H3/t6-,8?,9?/m0/s1. The van der Waals surface area contributed by atoms with E-state index in [1.807, 2.05) is 11.4 Å². The third-order valence-electron chi connectivity index (χ3n) is 2.85. The summed E-state index contributed by atoms with van der Waals surface area (Å²) in [5.74, 6) is 0. The van der Waals surface area contributed by atoms with E-state index in [4.69, 9.17) is 5.11 Å². The first-order valence-electron chi connectivity index (χ1n) is 5.60. The second kappa shape index (κ2) is 5.40. The van der Waals surface area contributed by atoms with Crippen LogP contribution in [0.3, 0.4) is 0 Å². The number of nitrogens with one attached hydrogen (secondary N) is 1. The number of hydrogen-bond donors (Lipinski definition) is 2. The van der Waals surface area contributed by atoms with E-state index in [0.29, 0.717) is 5.25 Å². The van der Waals surface area contributed by atoms with Crippen LogP contribution in [0, 0.1) is 0 Å². The zero-order valence-corrected chi connectivity index (χ0v) is 11.3. The predicted octanol–water partition coefficient (Wildman–Crippen LogP) is 3.19. The Labute approximate surface area is 112 Å². The summed E-state index contributed by atoms with van der Waals surface area (Å²) in [5, 5.41) is 14.1. The lowest BCUT2D eigenvalue weighted by atomic mass is 10.0. The molecule has 3 atom stereocenters. The molecule has 1 aromatic heterocycles. The molecule has 1 aliphatic heterocycles. The van der Waals surface area contributed by atoms with Crippen molar-refractivity contribution in [2.45, 2.75) is 41.1 Å². The van der Waals surface area contributed by atoms with Gasteiger partial charge in [0.15, 0.2) is 6.10 Å². The van der Waals surface area contributed by atoms with Crippen LogP contribution < -0.4 is 5.32 Å². The van der Waals surface area contributed by atoms with Gasteiger partial charge < -0.3 is 10.4 Å². The molecule has 18 heavy (non-hydrogen) atoms. The Bertz CT molecular complexity index is 407. The number of thiophene rings is 1. The van der Waals surface area contributed by atoms with Crippen molar-refractivity contribution in [1.29, 1.82) is 0 Å². The molecule has 2 unspecified atom stereocenters. The minimum absolute atomic E-state index is 0.0977. The zero-order valence-electron chi connectivity index (χ0n) is 9.70. The van der Waals surface area contributed by atoms with Gasteiger partial charge in [-0.3, -0.25) is 0 Å². The lowest BCUT2D eigenvalue weighted by Gasteiger charge is -2.28. The van der Waals surface area contributed by atoms with Crippen molar-refractivity contribution in [3.8, 4) is 0 Å². The topological polar surface area (TPSA) is 32.3 Å². The lowest BCUT2D eigenvalue weighted by Crippen LogP contribution is -2.40. The minimum Gasteiger partial charge on any atom is -0.382 e. The van der Waals surface area contributed by atoms with Crippen molar-refractivity contribution >= 4 is 23.1 Å². The van der Waals surface area contributed by atoms with Crippen LogP contribution in [0.25, 0.3) is 0 Å². The molecule has 2 rings (SSSR count). The summed E-state index contributed by atoms with van der Waals surface area (Å²) in [6, 6.07) is 1.84. The highest BCUT2D eigenvalue weighted by Gasteiger charge is 2.38. The molecule has 7 heteroatoms. The van der Waals surface area contributed by atoms with Gasteiger partial charge in [-0.1, -0.05) is 6.92 Å². The van der Waals surface area contributed by atoms with Crippen molar-refractivity contribution < 1.29 is 18.3 Å². The molecule has 1 aliphatic rings. The van der Waals surface area contributed by atoms with Gasteiger partial charge in [-0.05, 0) is 23.4 Å². The molecule has 0 aliphatic carbocycles. The maximum atomic E-state index is 12.2. The molecule has 0 fully saturated rings. The third kappa shape index (κ3) is 3.20. The van der Waals surface area contributed by atoms with E-state index in [0.717, 1.165) is 16.2 Å². The number of aliphatic hydroxyl groups is 1. The maximum Gasteiger partial charge on any atom is 0.415 e. The number of rotatable bonds is 3. The van der Waals surface area contributed by atoms with E-state index in [1.165, 1.54) is 0 Å². The van der Waals surface area contributed by atoms with Crippen LogP contribution in [0.4, 0.5) is 13.2 Å². The molecule has 2 N–H and O–H groups in total. The van der Waals surface area contributed by atoms with Crippen LogP contribution >= 0.6 is 23.1 Å². The minimum atomic E-state index is -4.56. The van der Waals surface area contributed by atoms with Gasteiger partial charge in [0.05, 0.1) is 4.21 Å². The van der Waals surface area contributed by atoms with Gasteiger partial charge in [-0.15, -0.1) is 23.1 Å². The first kappa shape index (κ1) is 14.2. The Morgan fingerprint density at radius 3 is 2.94 bits per heavy atom. The van der Waals surface area contributed by atoms with Crippen LogP contribution in [-0.2, 0) is 0 Å². The Morgan fingerprint density at radius 1 is 1.56 bits per heavy atom. The number of aliphatic hydroxyl groups excluding tert-OH is 1. The second-order valence-electron chi connectivity index (χ2n) is 4.35. The average Bonchev–Trinajstić information content (AvgIpc) is 2.71. The van der Waals surface area contributed by atoms with Gasteiger partial charge in [0.25, 0.3) is 0 Å². The fraction of sp³-hybridized carbons (Fsp3) is 0.636. The first-order chi connectivity index (χ1) is 8.38. The molecular weight excluding hydrogens is 283 g/mol. The van der Waals surface area contributed by atoms with Crippen LogP contribution in [0.15, 0.2) is 15.7 Å². The number of thioether (sulfide) groups is 1. The van der Waals surface area contributed by atoms with Crippen LogP contribution in [0.2, 0.25) is 0 Å². The van der Waals surface area contributed by atoms with Crippen LogP contribution in [0.5, 0.6) is 0 Å². The highest BCUT2D eigenvalue weighted by Crippen LogP contribution is 2.43. The Hall–Kier alpha value is -0.240. The van der Waals surface area contributed by atoms with Crippen molar-refractivity contribution in [3.63, 3.8) is 0 Å². The monoisotopic (exact) mass is 297 g/mol. The second-order valence-corrected chi connectivity index (χ2v) is 6.97. The maximum absolute atomic E-state index is 12.2. The van der Waals surface area contributed by atoms with E-state index in [2.05, 4.69) is 12.2 Å². The summed E-state index contributed by atoms with van der Waals surface area (Å²) in [6.07, 6.45) is -6.08. The van der Waals surface area contributed by atoms with Gasteiger partial charge in [0.1, 0.15) is 0 Å². The Balaban J connectivity index is 1.99. The first-order valence-corrected chi connectivity index (χ1v) is 7.36. The Kier molecular flexibility index (Phi) is 4.25. The van der Waals surface area contributed by atoms with E-state index >= 15 is 0 Å².